The van der Waals surface area contributed by atoms with Crippen LogP contribution in [0, 0.1) is 12.7 Å². The summed E-state index contributed by atoms with van der Waals surface area (Å²) in [6.45, 7) is 1.94. The second-order valence-corrected chi connectivity index (χ2v) is 9.94. The number of methoxy groups -OCH3 is 1. The Morgan fingerprint density at radius 3 is 2.46 bits per heavy atom. The van der Waals surface area contributed by atoms with E-state index >= 15 is 0 Å². The maximum absolute atomic E-state index is 14.0. The molecule has 0 atom stereocenters. The second-order valence-electron chi connectivity index (χ2n) is 9.94. The van der Waals surface area contributed by atoms with Gasteiger partial charge in [0, 0.05) is 36.4 Å². The van der Waals surface area contributed by atoms with Crippen LogP contribution in [0.1, 0.15) is 39.1 Å². The van der Waals surface area contributed by atoms with E-state index in [9.17, 15) is 14.0 Å². The monoisotopic (exact) mass is 550 g/mol. The van der Waals surface area contributed by atoms with E-state index in [1.165, 1.54) is 12.1 Å². The summed E-state index contributed by atoms with van der Waals surface area (Å²) in [6, 6.07) is 15.1. The van der Waals surface area contributed by atoms with Crippen molar-refractivity contribution in [2.24, 2.45) is 0 Å². The van der Waals surface area contributed by atoms with Crippen molar-refractivity contribution in [3.8, 4) is 28.2 Å². The number of nitrogens with one attached hydrogen (secondary N) is 1. The molecule has 0 aliphatic heterocycles. The molecule has 1 N–H and O–H groups in total. The van der Waals surface area contributed by atoms with Gasteiger partial charge in [0.1, 0.15) is 22.9 Å². The Kier molecular flexibility index (Phi) is 6.70. The number of nitrogens with zero attached hydrogens (tertiary/aromatic N) is 3. The summed E-state index contributed by atoms with van der Waals surface area (Å²) in [7, 11) is 3.09. The van der Waals surface area contributed by atoms with Crippen molar-refractivity contribution in [2.45, 2.75) is 25.8 Å². The molecule has 5 aromatic rings. The predicted octanol–water partition coefficient (Wildman–Crippen LogP) is 6.18. The largest absolute Gasteiger partial charge is 0.496 e. The molecule has 0 radical (unpaired) electrons. The minimum atomic E-state index is -0.381. The Morgan fingerprint density at radius 1 is 1.05 bits per heavy atom. The van der Waals surface area contributed by atoms with Gasteiger partial charge >= 0.3 is 0 Å². The molecule has 41 heavy (non-hydrogen) atoms. The molecule has 3 aromatic carbocycles. The lowest BCUT2D eigenvalue weighted by Gasteiger charge is -2.23. The average Bonchev–Trinajstić information content (AvgIpc) is 3.76. The summed E-state index contributed by atoms with van der Waals surface area (Å²) in [5.41, 5.74) is 4.33. The standard InChI is InChI=1S/C32H27FN4O4/c1-18-14-27(40-3)25(32(39)37(22-9-10-22)28-17-35-12-13-36-28)16-23(18)20-6-11-26-24(15-20)29(31(38)34-2)30(41-26)19-4-7-21(33)8-5-19/h4-8,11-17,22H,9-10H2,1-3H3,(H,34,38). The summed E-state index contributed by atoms with van der Waals surface area (Å²) in [4.78, 5) is 37.2. The van der Waals surface area contributed by atoms with E-state index in [-0.39, 0.29) is 23.7 Å². The first-order chi connectivity index (χ1) is 19.9. The number of hydrogen-bond acceptors (Lipinski definition) is 6. The number of fused-ring (bicyclic) bond motifs is 1. The van der Waals surface area contributed by atoms with Crippen LogP contribution < -0.4 is 15.0 Å². The van der Waals surface area contributed by atoms with E-state index in [0.717, 1.165) is 29.5 Å². The molecule has 1 aliphatic carbocycles. The van der Waals surface area contributed by atoms with Gasteiger partial charge in [-0.1, -0.05) is 6.07 Å². The highest BCUT2D eigenvalue weighted by Crippen LogP contribution is 2.39. The molecule has 0 saturated heterocycles. The van der Waals surface area contributed by atoms with Crippen LogP contribution in [0.25, 0.3) is 33.4 Å². The summed E-state index contributed by atoms with van der Waals surface area (Å²) in [5, 5.41) is 3.28. The zero-order chi connectivity index (χ0) is 28.7. The maximum Gasteiger partial charge on any atom is 0.263 e. The zero-order valence-electron chi connectivity index (χ0n) is 22.8. The molecule has 1 aliphatic rings. The van der Waals surface area contributed by atoms with Crippen molar-refractivity contribution in [3.63, 3.8) is 0 Å². The van der Waals surface area contributed by atoms with Crippen LogP contribution in [0.3, 0.4) is 0 Å². The Morgan fingerprint density at radius 2 is 1.80 bits per heavy atom. The first-order valence-corrected chi connectivity index (χ1v) is 13.2. The minimum absolute atomic E-state index is 0.0518. The van der Waals surface area contributed by atoms with Gasteiger partial charge in [-0.05, 0) is 85.0 Å². The Balaban J connectivity index is 1.48. The molecular weight excluding hydrogens is 523 g/mol. The molecule has 206 valence electrons. The number of furan rings is 1. The van der Waals surface area contributed by atoms with Gasteiger partial charge in [0.15, 0.2) is 5.82 Å². The Hall–Kier alpha value is -5.05. The molecule has 0 spiro atoms. The molecule has 1 saturated carbocycles. The number of hydrogen-bond donors (Lipinski definition) is 1. The molecule has 9 heteroatoms. The van der Waals surface area contributed by atoms with Gasteiger partial charge in [0.25, 0.3) is 11.8 Å². The van der Waals surface area contributed by atoms with Gasteiger partial charge in [-0.15, -0.1) is 0 Å². The predicted molar refractivity (Wildman–Crippen MR) is 154 cm³/mol. The van der Waals surface area contributed by atoms with E-state index in [4.69, 9.17) is 9.15 Å². The van der Waals surface area contributed by atoms with Crippen molar-refractivity contribution >= 4 is 28.6 Å². The van der Waals surface area contributed by atoms with E-state index in [1.807, 2.05) is 31.2 Å². The molecule has 0 unspecified atom stereocenters. The van der Waals surface area contributed by atoms with Gasteiger partial charge in [-0.2, -0.15) is 0 Å². The first-order valence-electron chi connectivity index (χ1n) is 13.2. The minimum Gasteiger partial charge on any atom is -0.496 e. The van der Waals surface area contributed by atoms with Crippen LogP contribution in [0.15, 0.2) is 77.6 Å². The number of rotatable bonds is 7. The molecular formula is C32H27FN4O4. The van der Waals surface area contributed by atoms with Crippen LogP contribution in [-0.2, 0) is 0 Å². The molecule has 1 fully saturated rings. The van der Waals surface area contributed by atoms with Crippen LogP contribution in [0.4, 0.5) is 10.2 Å². The molecule has 0 bridgehead atoms. The number of halogens is 1. The van der Waals surface area contributed by atoms with Crippen molar-refractivity contribution in [3.05, 3.63) is 95.7 Å². The van der Waals surface area contributed by atoms with E-state index in [0.29, 0.717) is 45.0 Å². The highest BCUT2D eigenvalue weighted by Gasteiger charge is 2.36. The van der Waals surface area contributed by atoms with Crippen molar-refractivity contribution in [1.82, 2.24) is 15.3 Å². The molecule has 2 aromatic heterocycles. The number of anilines is 1. The van der Waals surface area contributed by atoms with Gasteiger partial charge in [-0.3, -0.25) is 19.5 Å². The highest BCUT2D eigenvalue weighted by molar-refractivity contribution is 6.12. The number of aromatic nitrogens is 2. The number of aryl methyl sites for hydroxylation is 1. The smallest absolute Gasteiger partial charge is 0.263 e. The average molecular weight is 551 g/mol. The van der Waals surface area contributed by atoms with E-state index in [2.05, 4.69) is 15.3 Å². The number of carbonyl (C=O) groups excluding carboxylic acids is 2. The van der Waals surface area contributed by atoms with Crippen molar-refractivity contribution < 1.29 is 23.1 Å². The summed E-state index contributed by atoms with van der Waals surface area (Å²) >= 11 is 0. The Labute approximate surface area is 235 Å². The first kappa shape index (κ1) is 26.2. The highest BCUT2D eigenvalue weighted by atomic mass is 19.1. The topological polar surface area (TPSA) is 97.6 Å². The lowest BCUT2D eigenvalue weighted by Crippen LogP contribution is -2.34. The fourth-order valence-corrected chi connectivity index (χ4v) is 5.08. The normalized spacial score (nSPS) is 12.8. The van der Waals surface area contributed by atoms with E-state index < -0.39 is 0 Å². The Bertz CT molecular complexity index is 1780. The second kappa shape index (κ2) is 10.5. The van der Waals surface area contributed by atoms with Crippen molar-refractivity contribution in [1.29, 1.82) is 0 Å². The van der Waals surface area contributed by atoms with Crippen LogP contribution in [-0.4, -0.2) is 42.0 Å². The van der Waals surface area contributed by atoms with Gasteiger partial charge in [-0.25, -0.2) is 9.37 Å². The summed E-state index contributed by atoms with van der Waals surface area (Å²) in [6.07, 6.45) is 6.51. The fraction of sp³-hybridized carbons (Fsp3) is 0.188. The quantitative estimate of drug-likeness (QED) is 0.260. The number of amides is 2. The maximum atomic E-state index is 14.0. The number of benzene rings is 3. The third kappa shape index (κ3) is 4.80. The molecule has 6 rings (SSSR count). The van der Waals surface area contributed by atoms with E-state index in [1.54, 1.807) is 55.8 Å². The van der Waals surface area contributed by atoms with Crippen LogP contribution >= 0.6 is 0 Å². The van der Waals surface area contributed by atoms with Crippen molar-refractivity contribution in [2.75, 3.05) is 19.1 Å². The SMILES string of the molecule is CNC(=O)c1c(-c2ccc(F)cc2)oc2ccc(-c3cc(C(=O)N(c4cnccn4)C4CC4)c(OC)cc3C)cc12. The zero-order valence-corrected chi connectivity index (χ0v) is 22.8. The van der Waals surface area contributed by atoms with Gasteiger partial charge < -0.3 is 14.5 Å². The number of carbonyl (C=O) groups is 2. The molecule has 2 amide bonds. The molecule has 8 nitrogen and oxygen atoms in total. The fourth-order valence-electron chi connectivity index (χ4n) is 5.08. The number of ether oxygens (including phenoxy) is 1. The third-order valence-electron chi connectivity index (χ3n) is 7.26. The lowest BCUT2D eigenvalue weighted by atomic mass is 9.95. The third-order valence-corrected chi connectivity index (χ3v) is 7.26. The molecule has 2 heterocycles. The summed E-state index contributed by atoms with van der Waals surface area (Å²) < 4.78 is 25.3. The van der Waals surface area contributed by atoms with Gasteiger partial charge in [0.2, 0.25) is 0 Å². The van der Waals surface area contributed by atoms with Crippen LogP contribution in [0.2, 0.25) is 0 Å². The van der Waals surface area contributed by atoms with Gasteiger partial charge in [0.05, 0.1) is 24.4 Å². The lowest BCUT2D eigenvalue weighted by molar-refractivity contribution is 0.0961. The summed E-state index contributed by atoms with van der Waals surface area (Å²) in [5.74, 6) is 0.371. The van der Waals surface area contributed by atoms with Crippen LogP contribution in [0.5, 0.6) is 5.75 Å².